The van der Waals surface area contributed by atoms with Gasteiger partial charge in [-0.1, -0.05) is 62.4 Å². The van der Waals surface area contributed by atoms with Gasteiger partial charge in [0.15, 0.2) is 12.2 Å². The largest absolute Gasteiger partial charge is 0.490 e. The molecule has 34 heavy (non-hydrogen) atoms. The molecule has 4 unspecified atom stereocenters. The van der Waals surface area contributed by atoms with Gasteiger partial charge < -0.3 is 35.2 Å². The number of para-hydroxylation sites is 1. The van der Waals surface area contributed by atoms with Gasteiger partial charge in [-0.15, -0.1) is 0 Å². The Labute approximate surface area is 199 Å². The SMILES string of the molecule is CC(C)NCC(O)COc1ccccc1C(CCc1ccccc1)OC(=O)C(O)C(O)C(=O)O. The van der Waals surface area contributed by atoms with Gasteiger partial charge in [0.05, 0.1) is 0 Å². The van der Waals surface area contributed by atoms with E-state index in [1.165, 1.54) is 0 Å². The minimum atomic E-state index is -2.31. The zero-order valence-corrected chi connectivity index (χ0v) is 19.3. The summed E-state index contributed by atoms with van der Waals surface area (Å²) in [4.78, 5) is 23.4. The van der Waals surface area contributed by atoms with Crippen molar-refractivity contribution in [2.24, 2.45) is 0 Å². The molecule has 4 atom stereocenters. The molecule has 0 aliphatic rings. The summed E-state index contributed by atoms with van der Waals surface area (Å²) >= 11 is 0. The summed E-state index contributed by atoms with van der Waals surface area (Å²) in [5, 5.41) is 41.6. The highest BCUT2D eigenvalue weighted by Crippen LogP contribution is 2.32. The van der Waals surface area contributed by atoms with Crippen LogP contribution in [0.1, 0.15) is 37.5 Å². The summed E-state index contributed by atoms with van der Waals surface area (Å²) < 4.78 is 11.3. The van der Waals surface area contributed by atoms with E-state index in [0.717, 1.165) is 5.56 Å². The quantitative estimate of drug-likeness (QED) is 0.256. The van der Waals surface area contributed by atoms with E-state index in [1.54, 1.807) is 24.3 Å². The molecular formula is C25H33NO8. The first-order chi connectivity index (χ1) is 16.2. The minimum Gasteiger partial charge on any atom is -0.490 e. The third-order valence-electron chi connectivity index (χ3n) is 5.05. The van der Waals surface area contributed by atoms with Crippen LogP contribution in [-0.4, -0.2) is 69.9 Å². The maximum Gasteiger partial charge on any atom is 0.338 e. The second-order valence-electron chi connectivity index (χ2n) is 8.24. The third-order valence-corrected chi connectivity index (χ3v) is 5.05. The average Bonchev–Trinajstić information content (AvgIpc) is 2.83. The average molecular weight is 476 g/mol. The molecule has 2 aromatic rings. The summed E-state index contributed by atoms with van der Waals surface area (Å²) in [7, 11) is 0. The summed E-state index contributed by atoms with van der Waals surface area (Å²) in [5.41, 5.74) is 1.48. The number of aliphatic carboxylic acids is 1. The summed E-state index contributed by atoms with van der Waals surface area (Å²) in [6.45, 7) is 4.26. The fraction of sp³-hybridized carbons (Fsp3) is 0.440. The predicted octanol–water partition coefficient (Wildman–Crippen LogP) is 1.45. The normalized spacial score (nSPS) is 14.8. The highest BCUT2D eigenvalue weighted by molar-refractivity contribution is 5.84. The van der Waals surface area contributed by atoms with Gasteiger partial charge >= 0.3 is 11.9 Å². The molecule has 0 saturated carbocycles. The zero-order chi connectivity index (χ0) is 25.1. The molecule has 0 saturated heterocycles. The van der Waals surface area contributed by atoms with E-state index in [-0.39, 0.29) is 12.6 Å². The van der Waals surface area contributed by atoms with Gasteiger partial charge in [0.2, 0.25) is 0 Å². The predicted molar refractivity (Wildman–Crippen MR) is 124 cm³/mol. The first-order valence-electron chi connectivity index (χ1n) is 11.2. The van der Waals surface area contributed by atoms with Crippen molar-refractivity contribution in [3.63, 3.8) is 0 Å². The van der Waals surface area contributed by atoms with Crippen LogP contribution in [-0.2, 0) is 20.7 Å². The van der Waals surface area contributed by atoms with Gasteiger partial charge in [-0.05, 0) is 24.5 Å². The molecule has 186 valence electrons. The van der Waals surface area contributed by atoms with E-state index >= 15 is 0 Å². The Morgan fingerprint density at radius 3 is 2.24 bits per heavy atom. The van der Waals surface area contributed by atoms with Crippen LogP contribution in [0.25, 0.3) is 0 Å². The Morgan fingerprint density at radius 1 is 0.941 bits per heavy atom. The fourth-order valence-electron chi connectivity index (χ4n) is 3.19. The highest BCUT2D eigenvalue weighted by Gasteiger charge is 2.33. The molecule has 0 spiro atoms. The van der Waals surface area contributed by atoms with Crippen molar-refractivity contribution in [3.05, 3.63) is 65.7 Å². The second kappa shape index (κ2) is 13.7. The first-order valence-corrected chi connectivity index (χ1v) is 11.2. The lowest BCUT2D eigenvalue weighted by atomic mass is 10.00. The Morgan fingerprint density at radius 2 is 1.59 bits per heavy atom. The fourth-order valence-corrected chi connectivity index (χ4v) is 3.19. The van der Waals surface area contributed by atoms with Gasteiger partial charge in [0.1, 0.15) is 24.6 Å². The number of aryl methyl sites for hydroxylation is 1. The topological polar surface area (TPSA) is 146 Å². The lowest BCUT2D eigenvalue weighted by Crippen LogP contribution is -2.41. The van der Waals surface area contributed by atoms with E-state index in [9.17, 15) is 24.9 Å². The Balaban J connectivity index is 2.20. The van der Waals surface area contributed by atoms with Crippen LogP contribution in [0.3, 0.4) is 0 Å². The minimum absolute atomic E-state index is 0.00353. The number of esters is 1. The lowest BCUT2D eigenvalue weighted by molar-refractivity contribution is -0.174. The van der Waals surface area contributed by atoms with Gasteiger partial charge in [-0.25, -0.2) is 9.59 Å². The molecule has 0 aliphatic carbocycles. The number of ether oxygens (including phenoxy) is 2. The Bertz CT molecular complexity index is 905. The number of aliphatic hydroxyl groups excluding tert-OH is 3. The number of carboxylic acid groups (broad SMARTS) is 1. The molecule has 0 heterocycles. The maximum atomic E-state index is 12.4. The van der Waals surface area contributed by atoms with Crippen LogP contribution in [0.5, 0.6) is 5.75 Å². The molecule has 9 nitrogen and oxygen atoms in total. The van der Waals surface area contributed by atoms with Crippen LogP contribution in [0.4, 0.5) is 0 Å². The van der Waals surface area contributed by atoms with Crippen molar-refractivity contribution in [2.45, 2.75) is 57.1 Å². The van der Waals surface area contributed by atoms with E-state index < -0.39 is 36.4 Å². The Kier molecular flexibility index (Phi) is 11.0. The zero-order valence-electron chi connectivity index (χ0n) is 19.3. The number of nitrogens with one attached hydrogen (secondary N) is 1. The van der Waals surface area contributed by atoms with Crippen molar-refractivity contribution >= 4 is 11.9 Å². The molecule has 0 aliphatic heterocycles. The smallest absolute Gasteiger partial charge is 0.338 e. The van der Waals surface area contributed by atoms with Crippen LogP contribution < -0.4 is 10.1 Å². The van der Waals surface area contributed by atoms with Gasteiger partial charge in [0, 0.05) is 18.2 Å². The summed E-state index contributed by atoms with van der Waals surface area (Å²) in [6, 6.07) is 16.5. The number of aliphatic hydroxyl groups is 3. The number of carbonyl (C=O) groups is 2. The van der Waals surface area contributed by atoms with Crippen LogP contribution in [0.2, 0.25) is 0 Å². The highest BCUT2D eigenvalue weighted by atomic mass is 16.6. The number of rotatable bonds is 14. The molecule has 0 amide bonds. The molecule has 0 aromatic heterocycles. The molecule has 0 radical (unpaired) electrons. The molecular weight excluding hydrogens is 442 g/mol. The van der Waals surface area contributed by atoms with Gasteiger partial charge in [-0.2, -0.15) is 0 Å². The third kappa shape index (κ3) is 8.75. The number of carboxylic acids is 1. The number of carbonyl (C=O) groups excluding carboxylic acids is 1. The molecule has 0 fully saturated rings. The number of hydrogen-bond donors (Lipinski definition) is 5. The van der Waals surface area contributed by atoms with Gasteiger partial charge in [-0.3, -0.25) is 0 Å². The molecule has 2 aromatic carbocycles. The number of hydrogen-bond acceptors (Lipinski definition) is 8. The van der Waals surface area contributed by atoms with Crippen LogP contribution in [0, 0.1) is 0 Å². The lowest BCUT2D eigenvalue weighted by Gasteiger charge is -2.24. The molecule has 5 N–H and O–H groups in total. The van der Waals surface area contributed by atoms with E-state index in [2.05, 4.69) is 5.32 Å². The molecule has 0 bridgehead atoms. The van der Waals surface area contributed by atoms with E-state index in [1.807, 2.05) is 44.2 Å². The van der Waals surface area contributed by atoms with Crippen molar-refractivity contribution < 1.29 is 39.5 Å². The number of benzene rings is 2. The van der Waals surface area contributed by atoms with Crippen LogP contribution in [0.15, 0.2) is 54.6 Å². The second-order valence-corrected chi connectivity index (χ2v) is 8.24. The Hall–Kier alpha value is -2.98. The molecule has 2 rings (SSSR count). The monoisotopic (exact) mass is 475 g/mol. The van der Waals surface area contributed by atoms with E-state index in [4.69, 9.17) is 14.6 Å². The van der Waals surface area contributed by atoms with Crippen molar-refractivity contribution in [2.75, 3.05) is 13.2 Å². The summed E-state index contributed by atoms with van der Waals surface area (Å²) in [5.74, 6) is -2.62. The first kappa shape index (κ1) is 27.3. The summed E-state index contributed by atoms with van der Waals surface area (Å²) in [6.07, 6.45) is -5.39. The van der Waals surface area contributed by atoms with E-state index in [0.29, 0.717) is 30.7 Å². The maximum absolute atomic E-state index is 12.4. The van der Waals surface area contributed by atoms with Gasteiger partial charge in [0.25, 0.3) is 0 Å². The van der Waals surface area contributed by atoms with Crippen molar-refractivity contribution in [1.29, 1.82) is 0 Å². The standard InChI is InChI=1S/C25H33NO8/c1-16(2)26-14-18(27)15-33-20-11-7-6-10-19(20)21(13-12-17-8-4-3-5-9-17)34-25(32)23(29)22(28)24(30)31/h3-11,16,18,21-23,26-29H,12-15H2,1-2H3,(H,30,31). The molecule has 9 heteroatoms. The van der Waals surface area contributed by atoms with Crippen molar-refractivity contribution in [3.8, 4) is 5.75 Å². The van der Waals surface area contributed by atoms with Crippen LogP contribution >= 0.6 is 0 Å². The van der Waals surface area contributed by atoms with Crippen molar-refractivity contribution in [1.82, 2.24) is 5.32 Å².